The zero-order valence-corrected chi connectivity index (χ0v) is 11.7. The third kappa shape index (κ3) is 2.61. The molecule has 3 rings (SSSR count). The first-order chi connectivity index (χ1) is 10.2. The second-order valence-corrected chi connectivity index (χ2v) is 4.96. The lowest BCUT2D eigenvalue weighted by Crippen LogP contribution is -2.00. The fraction of sp³-hybridized carbons (Fsp3) is 0.235. The summed E-state index contributed by atoms with van der Waals surface area (Å²) >= 11 is 0. The van der Waals surface area contributed by atoms with E-state index in [-0.39, 0.29) is 18.1 Å². The van der Waals surface area contributed by atoms with Crippen LogP contribution in [0.1, 0.15) is 27.9 Å². The molecule has 4 heteroatoms. The number of methoxy groups -OCH3 is 1. The molecule has 1 aliphatic rings. The molecule has 0 aliphatic heterocycles. The maximum atomic E-state index is 13.6. The number of carbonyl (C=O) groups excluding carboxylic acids is 1. The van der Waals surface area contributed by atoms with Crippen LogP contribution >= 0.6 is 0 Å². The van der Waals surface area contributed by atoms with Gasteiger partial charge in [-0.15, -0.1) is 0 Å². The molecule has 0 N–H and O–H groups in total. The van der Waals surface area contributed by atoms with E-state index in [9.17, 15) is 9.18 Å². The number of ketones is 1. The van der Waals surface area contributed by atoms with Crippen molar-refractivity contribution in [3.8, 4) is 11.5 Å². The van der Waals surface area contributed by atoms with Gasteiger partial charge in [0.25, 0.3) is 0 Å². The number of fused-ring (bicyclic) bond motifs is 1. The maximum absolute atomic E-state index is 13.6. The zero-order chi connectivity index (χ0) is 14.8. The Morgan fingerprint density at radius 2 is 2.00 bits per heavy atom. The summed E-state index contributed by atoms with van der Waals surface area (Å²) in [5, 5.41) is 0. The van der Waals surface area contributed by atoms with Crippen LogP contribution < -0.4 is 9.47 Å². The molecule has 0 unspecified atom stereocenters. The highest BCUT2D eigenvalue weighted by Crippen LogP contribution is 2.31. The van der Waals surface area contributed by atoms with Gasteiger partial charge in [-0.25, -0.2) is 4.39 Å². The van der Waals surface area contributed by atoms with E-state index < -0.39 is 5.82 Å². The van der Waals surface area contributed by atoms with E-state index in [2.05, 4.69) is 0 Å². The van der Waals surface area contributed by atoms with Gasteiger partial charge in [0.1, 0.15) is 12.4 Å². The van der Waals surface area contributed by atoms with Gasteiger partial charge in [-0.3, -0.25) is 4.79 Å². The quantitative estimate of drug-likeness (QED) is 0.862. The Labute approximate surface area is 122 Å². The number of benzene rings is 2. The van der Waals surface area contributed by atoms with Crippen LogP contribution in [0.3, 0.4) is 0 Å². The summed E-state index contributed by atoms with van der Waals surface area (Å²) in [6.07, 6.45) is 1.24. The molecule has 0 aromatic heterocycles. The fourth-order valence-corrected chi connectivity index (χ4v) is 2.55. The molecular formula is C17H15FO3. The minimum atomic E-state index is -0.410. The van der Waals surface area contributed by atoms with Crippen molar-refractivity contribution in [2.24, 2.45) is 0 Å². The average Bonchev–Trinajstić information content (AvgIpc) is 2.87. The number of carbonyl (C=O) groups is 1. The summed E-state index contributed by atoms with van der Waals surface area (Å²) in [6.45, 7) is 0.256. The molecule has 21 heavy (non-hydrogen) atoms. The van der Waals surface area contributed by atoms with Gasteiger partial charge >= 0.3 is 0 Å². The van der Waals surface area contributed by atoms with Crippen molar-refractivity contribution in [1.29, 1.82) is 0 Å². The molecule has 108 valence electrons. The first kappa shape index (κ1) is 13.6. The Hall–Kier alpha value is -2.36. The highest BCUT2D eigenvalue weighted by atomic mass is 19.1. The lowest BCUT2D eigenvalue weighted by molar-refractivity contribution is 0.0994. The van der Waals surface area contributed by atoms with Crippen LogP contribution in [0, 0.1) is 5.82 Å². The molecule has 0 saturated carbocycles. The summed E-state index contributed by atoms with van der Waals surface area (Å²) in [5.74, 6) is 0.664. The molecule has 2 aromatic rings. The van der Waals surface area contributed by atoms with Crippen molar-refractivity contribution >= 4 is 5.78 Å². The first-order valence-corrected chi connectivity index (χ1v) is 6.79. The van der Waals surface area contributed by atoms with E-state index in [0.29, 0.717) is 18.6 Å². The largest absolute Gasteiger partial charge is 0.494 e. The number of halogens is 1. The van der Waals surface area contributed by atoms with E-state index in [4.69, 9.17) is 9.47 Å². The number of hydrogen-bond donors (Lipinski definition) is 0. The second kappa shape index (κ2) is 5.56. The average molecular weight is 286 g/mol. The van der Waals surface area contributed by atoms with Gasteiger partial charge < -0.3 is 9.47 Å². The number of rotatable bonds is 4. The minimum absolute atomic E-state index is 0.158. The highest BCUT2D eigenvalue weighted by Gasteiger charge is 2.22. The number of hydrogen-bond acceptors (Lipinski definition) is 3. The van der Waals surface area contributed by atoms with Crippen molar-refractivity contribution in [2.45, 2.75) is 19.4 Å². The van der Waals surface area contributed by atoms with Crippen molar-refractivity contribution in [1.82, 2.24) is 0 Å². The van der Waals surface area contributed by atoms with Crippen LogP contribution in [-0.4, -0.2) is 12.9 Å². The van der Waals surface area contributed by atoms with E-state index >= 15 is 0 Å². The third-order valence-corrected chi connectivity index (χ3v) is 3.65. The summed E-state index contributed by atoms with van der Waals surface area (Å²) in [6, 6.07) is 10.2. The standard InChI is InChI=1S/C17H15FO3/c1-20-17-8-5-11(9-14(17)18)10-21-16-4-2-3-12-13(16)6-7-15(12)19/h2-5,8-9H,6-7,10H2,1H3. The van der Waals surface area contributed by atoms with E-state index in [0.717, 1.165) is 16.7 Å². The number of Topliss-reactive ketones (excluding diaryl/α,β-unsaturated/α-hetero) is 1. The molecule has 0 heterocycles. The van der Waals surface area contributed by atoms with Crippen molar-refractivity contribution in [3.05, 3.63) is 58.9 Å². The topological polar surface area (TPSA) is 35.5 Å². The summed E-state index contributed by atoms with van der Waals surface area (Å²) in [4.78, 5) is 11.7. The Kier molecular flexibility index (Phi) is 3.60. The van der Waals surface area contributed by atoms with Gasteiger partial charge in [-0.2, -0.15) is 0 Å². The molecule has 0 bridgehead atoms. The van der Waals surface area contributed by atoms with Gasteiger partial charge in [0.2, 0.25) is 0 Å². The Morgan fingerprint density at radius 3 is 2.76 bits per heavy atom. The van der Waals surface area contributed by atoms with E-state index in [1.807, 2.05) is 18.2 Å². The van der Waals surface area contributed by atoms with Gasteiger partial charge in [0, 0.05) is 17.5 Å². The molecule has 2 aromatic carbocycles. The first-order valence-electron chi connectivity index (χ1n) is 6.79. The van der Waals surface area contributed by atoms with Crippen LogP contribution in [0.5, 0.6) is 11.5 Å². The van der Waals surface area contributed by atoms with Gasteiger partial charge in [-0.05, 0) is 30.2 Å². The fourth-order valence-electron chi connectivity index (χ4n) is 2.55. The van der Waals surface area contributed by atoms with Crippen LogP contribution in [-0.2, 0) is 13.0 Å². The highest BCUT2D eigenvalue weighted by molar-refractivity contribution is 6.01. The summed E-state index contributed by atoms with van der Waals surface area (Å²) < 4.78 is 24.3. The Balaban J connectivity index is 1.77. The molecule has 0 atom stereocenters. The Morgan fingerprint density at radius 1 is 1.14 bits per heavy atom. The number of ether oxygens (including phenoxy) is 2. The van der Waals surface area contributed by atoms with Crippen molar-refractivity contribution < 1.29 is 18.7 Å². The normalized spacial score (nSPS) is 13.1. The van der Waals surface area contributed by atoms with E-state index in [1.54, 1.807) is 12.1 Å². The predicted molar refractivity (Wildman–Crippen MR) is 76.4 cm³/mol. The monoisotopic (exact) mass is 286 g/mol. The zero-order valence-electron chi connectivity index (χ0n) is 11.7. The summed E-state index contributed by atoms with van der Waals surface area (Å²) in [5.41, 5.74) is 2.42. The molecule has 0 radical (unpaired) electrons. The predicted octanol–water partition coefficient (Wildman–Crippen LogP) is 3.54. The third-order valence-electron chi connectivity index (χ3n) is 3.65. The Bertz CT molecular complexity index is 694. The minimum Gasteiger partial charge on any atom is -0.494 e. The lowest BCUT2D eigenvalue weighted by atomic mass is 10.1. The molecule has 0 fully saturated rings. The summed E-state index contributed by atoms with van der Waals surface area (Å²) in [7, 11) is 1.43. The molecule has 0 spiro atoms. The second-order valence-electron chi connectivity index (χ2n) is 4.96. The van der Waals surface area contributed by atoms with Gasteiger partial charge in [-0.1, -0.05) is 18.2 Å². The molecule has 0 saturated heterocycles. The molecule has 1 aliphatic carbocycles. The molecular weight excluding hydrogens is 271 g/mol. The maximum Gasteiger partial charge on any atom is 0.165 e. The van der Waals surface area contributed by atoms with E-state index in [1.165, 1.54) is 13.2 Å². The van der Waals surface area contributed by atoms with Gasteiger partial charge in [0.15, 0.2) is 17.3 Å². The van der Waals surface area contributed by atoms with Crippen LogP contribution in [0.4, 0.5) is 4.39 Å². The smallest absolute Gasteiger partial charge is 0.165 e. The van der Waals surface area contributed by atoms with Gasteiger partial charge in [0.05, 0.1) is 7.11 Å². The molecule has 0 amide bonds. The van der Waals surface area contributed by atoms with Crippen LogP contribution in [0.25, 0.3) is 0 Å². The van der Waals surface area contributed by atoms with Crippen molar-refractivity contribution in [2.75, 3.05) is 7.11 Å². The van der Waals surface area contributed by atoms with Crippen LogP contribution in [0.2, 0.25) is 0 Å². The lowest BCUT2D eigenvalue weighted by Gasteiger charge is -2.11. The SMILES string of the molecule is COc1ccc(COc2cccc3c2CCC3=O)cc1F. The van der Waals surface area contributed by atoms with Crippen LogP contribution in [0.15, 0.2) is 36.4 Å². The molecule has 3 nitrogen and oxygen atoms in total. The van der Waals surface area contributed by atoms with Crippen molar-refractivity contribution in [3.63, 3.8) is 0 Å².